The van der Waals surface area contributed by atoms with Gasteiger partial charge in [-0.1, -0.05) is 48.5 Å². The van der Waals surface area contributed by atoms with Crippen LogP contribution in [0.1, 0.15) is 40.3 Å². The number of pyridine rings is 1. The van der Waals surface area contributed by atoms with Crippen molar-refractivity contribution in [2.24, 2.45) is 0 Å². The van der Waals surface area contributed by atoms with Crippen molar-refractivity contribution >= 4 is 45.7 Å². The molecule has 2 aromatic heterocycles. The summed E-state index contributed by atoms with van der Waals surface area (Å²) in [6.45, 7) is 0.372. The largest absolute Gasteiger partial charge is 0.478 e. The van der Waals surface area contributed by atoms with Crippen molar-refractivity contribution in [1.29, 1.82) is 0 Å². The number of thiocarbonyl (C=S) groups is 1. The molecule has 9 heteroatoms. The molecule has 5 aromatic rings. The van der Waals surface area contributed by atoms with Gasteiger partial charge in [-0.05, 0) is 66.1 Å². The second-order valence-corrected chi connectivity index (χ2v) is 10.2. The normalized spacial score (nSPS) is 16.5. The predicted octanol–water partition coefficient (Wildman–Crippen LogP) is 5.73. The second-order valence-electron chi connectivity index (χ2n) is 9.80. The summed E-state index contributed by atoms with van der Waals surface area (Å²) in [5, 5.41) is 18.6. The third-order valence-electron chi connectivity index (χ3n) is 7.30. The Bertz CT molecular complexity index is 1750. The number of amides is 1. The van der Waals surface area contributed by atoms with Gasteiger partial charge in [0.25, 0.3) is 0 Å². The maximum Gasteiger partial charge on any atom is 0.335 e. The van der Waals surface area contributed by atoms with E-state index < -0.39 is 5.97 Å². The summed E-state index contributed by atoms with van der Waals surface area (Å²) in [7, 11) is 0. The molecule has 1 fully saturated rings. The highest BCUT2D eigenvalue weighted by Gasteiger charge is 2.41. The van der Waals surface area contributed by atoms with Gasteiger partial charge in [0, 0.05) is 47.8 Å². The molecule has 0 saturated carbocycles. The molecule has 0 bridgehead atoms. The molecule has 1 aliphatic rings. The van der Waals surface area contributed by atoms with E-state index in [1.54, 1.807) is 24.4 Å². The van der Waals surface area contributed by atoms with Crippen molar-refractivity contribution in [2.45, 2.75) is 18.5 Å². The number of carbonyl (C=O) groups excluding carboxylic acids is 1. The number of carbonyl (C=O) groups is 2. The van der Waals surface area contributed by atoms with E-state index >= 15 is 0 Å². The fraction of sp³-hybridized carbons (Fsp3) is 0.125. The summed E-state index contributed by atoms with van der Waals surface area (Å²) in [6, 6.07) is 29.7. The molecule has 0 aliphatic carbocycles. The van der Waals surface area contributed by atoms with Gasteiger partial charge in [0.2, 0.25) is 5.91 Å². The van der Waals surface area contributed by atoms with E-state index in [2.05, 4.69) is 15.6 Å². The van der Waals surface area contributed by atoms with E-state index in [-0.39, 0.29) is 30.0 Å². The van der Waals surface area contributed by atoms with Crippen molar-refractivity contribution in [2.75, 3.05) is 11.9 Å². The molecule has 0 radical (unpaired) electrons. The van der Waals surface area contributed by atoms with E-state index in [1.165, 1.54) is 0 Å². The average molecular weight is 562 g/mol. The zero-order valence-electron chi connectivity index (χ0n) is 22.0. The Morgan fingerprint density at radius 3 is 2.59 bits per heavy atom. The summed E-state index contributed by atoms with van der Waals surface area (Å²) in [5.74, 6) is -1.11. The monoisotopic (exact) mass is 561 g/mol. The minimum absolute atomic E-state index is 0.117. The summed E-state index contributed by atoms with van der Waals surface area (Å²) in [5.41, 5.74) is 3.39. The molecule has 8 nitrogen and oxygen atoms in total. The van der Waals surface area contributed by atoms with Crippen LogP contribution in [0.5, 0.6) is 0 Å². The number of fused-ring (bicyclic) bond motifs is 1. The third kappa shape index (κ3) is 5.27. The number of rotatable bonds is 8. The minimum Gasteiger partial charge on any atom is -0.478 e. The van der Waals surface area contributed by atoms with Crippen molar-refractivity contribution < 1.29 is 14.7 Å². The van der Waals surface area contributed by atoms with Crippen LogP contribution in [0.2, 0.25) is 0 Å². The number of hydrogen-bond acceptors (Lipinski definition) is 4. The lowest BCUT2D eigenvalue weighted by Crippen LogP contribution is -2.33. The highest BCUT2D eigenvalue weighted by Crippen LogP contribution is 2.39. The van der Waals surface area contributed by atoms with Gasteiger partial charge in [0.1, 0.15) is 0 Å². The lowest BCUT2D eigenvalue weighted by atomic mass is 10.0. The first-order valence-electron chi connectivity index (χ1n) is 13.3. The van der Waals surface area contributed by atoms with Gasteiger partial charge in [0.15, 0.2) is 5.11 Å². The van der Waals surface area contributed by atoms with Gasteiger partial charge >= 0.3 is 5.97 Å². The van der Waals surface area contributed by atoms with Crippen LogP contribution in [-0.4, -0.2) is 43.1 Å². The van der Waals surface area contributed by atoms with Gasteiger partial charge in [-0.2, -0.15) is 0 Å². The maximum atomic E-state index is 13.2. The Labute approximate surface area is 242 Å². The lowest BCUT2D eigenvalue weighted by molar-refractivity contribution is -0.116. The molecule has 3 aromatic carbocycles. The number of anilines is 1. The number of carboxylic acids is 1. The van der Waals surface area contributed by atoms with Crippen molar-refractivity contribution in [3.05, 3.63) is 126 Å². The fourth-order valence-electron chi connectivity index (χ4n) is 5.40. The highest BCUT2D eigenvalue weighted by molar-refractivity contribution is 7.80. The Morgan fingerprint density at radius 1 is 0.951 bits per heavy atom. The standard InChI is InChI=1S/C32H27N5O3S/c38-28(34-25-14-6-9-21-8-1-2-12-24(21)25)16-19-37-30(29(35-32(37)41)26-13-3-4-17-33-26)27-15-7-18-36(27)23-11-5-10-22(20-23)31(39)40/h1-15,17-18,20,29-30H,16,19H2,(H,34,38)(H,35,41)(H,39,40)/t29-,30+/m0/s1. The van der Waals surface area contributed by atoms with Crippen molar-refractivity contribution in [3.63, 3.8) is 0 Å². The maximum absolute atomic E-state index is 13.2. The number of aromatic nitrogens is 2. The molecular weight excluding hydrogens is 534 g/mol. The Hall–Kier alpha value is -5.02. The summed E-state index contributed by atoms with van der Waals surface area (Å²) < 4.78 is 1.96. The number of aromatic carboxylic acids is 1. The number of nitrogens with zero attached hydrogens (tertiary/aromatic N) is 3. The minimum atomic E-state index is -0.991. The zero-order chi connectivity index (χ0) is 28.3. The highest BCUT2D eigenvalue weighted by atomic mass is 32.1. The third-order valence-corrected chi connectivity index (χ3v) is 7.65. The van der Waals surface area contributed by atoms with Crippen LogP contribution in [0.15, 0.2) is 109 Å². The van der Waals surface area contributed by atoms with Crippen molar-refractivity contribution in [3.8, 4) is 5.69 Å². The Balaban J connectivity index is 1.30. The zero-order valence-corrected chi connectivity index (χ0v) is 22.8. The summed E-state index contributed by atoms with van der Waals surface area (Å²) >= 11 is 5.80. The Morgan fingerprint density at radius 2 is 1.76 bits per heavy atom. The van der Waals surface area contributed by atoms with Crippen LogP contribution in [0.25, 0.3) is 16.5 Å². The fourth-order valence-corrected chi connectivity index (χ4v) is 5.73. The predicted molar refractivity (Wildman–Crippen MR) is 162 cm³/mol. The van der Waals surface area contributed by atoms with Crippen LogP contribution in [0.4, 0.5) is 5.69 Å². The van der Waals surface area contributed by atoms with E-state index in [0.717, 1.165) is 33.5 Å². The van der Waals surface area contributed by atoms with Gasteiger partial charge in [-0.15, -0.1) is 0 Å². The molecule has 1 amide bonds. The van der Waals surface area contributed by atoms with E-state index in [1.807, 2.05) is 94.5 Å². The summed E-state index contributed by atoms with van der Waals surface area (Å²) in [6.07, 6.45) is 3.86. The van der Waals surface area contributed by atoms with E-state index in [4.69, 9.17) is 12.2 Å². The lowest BCUT2D eigenvalue weighted by Gasteiger charge is -2.29. The van der Waals surface area contributed by atoms with Crippen LogP contribution in [0.3, 0.4) is 0 Å². The number of nitrogens with one attached hydrogen (secondary N) is 2. The van der Waals surface area contributed by atoms with Gasteiger partial charge in [-0.25, -0.2) is 4.79 Å². The van der Waals surface area contributed by atoms with E-state index in [9.17, 15) is 14.7 Å². The second kappa shape index (κ2) is 11.2. The molecule has 0 spiro atoms. The molecule has 3 N–H and O–H groups in total. The van der Waals surface area contributed by atoms with E-state index in [0.29, 0.717) is 11.7 Å². The molecule has 41 heavy (non-hydrogen) atoms. The molecule has 6 rings (SSSR count). The molecule has 204 valence electrons. The topological polar surface area (TPSA) is 99.5 Å². The summed E-state index contributed by atoms with van der Waals surface area (Å²) in [4.78, 5) is 31.4. The molecule has 0 unspecified atom stereocenters. The van der Waals surface area contributed by atoms with Crippen LogP contribution in [0, 0.1) is 0 Å². The number of hydrogen-bond donors (Lipinski definition) is 3. The quantitative estimate of drug-likeness (QED) is 0.208. The van der Waals surface area contributed by atoms with Gasteiger partial charge < -0.3 is 25.2 Å². The van der Waals surface area contributed by atoms with Gasteiger partial charge in [-0.3, -0.25) is 9.78 Å². The number of carboxylic acid groups (broad SMARTS) is 1. The first-order valence-corrected chi connectivity index (χ1v) is 13.7. The van der Waals surface area contributed by atoms with Crippen LogP contribution in [-0.2, 0) is 4.79 Å². The molecule has 2 atom stereocenters. The number of benzene rings is 3. The SMILES string of the molecule is O=C(CCN1C(=S)N[C@@H](c2ccccn2)[C@H]1c1cccn1-c1cccc(C(=O)O)c1)Nc1cccc2ccccc12. The molecule has 1 aliphatic heterocycles. The Kier molecular flexibility index (Phi) is 7.18. The average Bonchev–Trinajstić information content (AvgIpc) is 3.61. The first-order chi connectivity index (χ1) is 20.0. The van der Waals surface area contributed by atoms with Crippen LogP contribution < -0.4 is 10.6 Å². The van der Waals surface area contributed by atoms with Crippen molar-refractivity contribution in [1.82, 2.24) is 19.8 Å². The molecule has 3 heterocycles. The smallest absolute Gasteiger partial charge is 0.335 e. The molecule has 1 saturated heterocycles. The first kappa shape index (κ1) is 26.2. The molecular formula is C32H27N5O3S. The van der Waals surface area contributed by atoms with Gasteiger partial charge in [0.05, 0.1) is 23.3 Å². The van der Waals surface area contributed by atoms with Crippen LogP contribution >= 0.6 is 12.2 Å².